The minimum Gasteiger partial charge on any atom is -0.507 e. The molecule has 2 aliphatic heterocycles. The molecule has 0 spiro atoms. The first-order chi connectivity index (χ1) is 28.0. The molecule has 3 aliphatic rings. The van der Waals surface area contributed by atoms with E-state index in [1.165, 1.54) is 33.8 Å². The van der Waals surface area contributed by atoms with Crippen LogP contribution in [0.5, 0.6) is 23.0 Å². The summed E-state index contributed by atoms with van der Waals surface area (Å²) in [7, 11) is 0. The van der Waals surface area contributed by atoms with Gasteiger partial charge in [-0.2, -0.15) is 0 Å². The number of benzene rings is 4. The zero-order chi connectivity index (χ0) is 43.5. The zero-order valence-electron chi connectivity index (χ0n) is 37.5. The van der Waals surface area contributed by atoms with Crippen LogP contribution in [0.15, 0.2) is 61.7 Å². The maximum absolute atomic E-state index is 12.8. The monoisotopic (exact) mass is 882 g/mol. The highest BCUT2D eigenvalue weighted by Gasteiger charge is 2.29. The quantitative estimate of drug-likeness (QED) is 0.157. The molecule has 4 aromatic carbocycles. The number of fused-ring (bicyclic) bond motifs is 6. The molecule has 320 valence electrons. The Balaban J connectivity index is 1.59. The molecule has 9 heteroatoms. The van der Waals surface area contributed by atoms with Crippen molar-refractivity contribution in [3.8, 4) is 23.0 Å². The van der Waals surface area contributed by atoms with E-state index in [0.717, 1.165) is 75.6 Å². The molecule has 0 unspecified atom stereocenters. The minimum atomic E-state index is -0.180. The molecule has 1 aromatic heterocycles. The lowest BCUT2D eigenvalue weighted by Crippen LogP contribution is -2.17. The van der Waals surface area contributed by atoms with Crippen LogP contribution < -0.4 is 13.5 Å². The summed E-state index contributed by atoms with van der Waals surface area (Å²) >= 11 is 5.97. The van der Waals surface area contributed by atoms with Gasteiger partial charge in [-0.1, -0.05) is 154 Å². The first-order valence-corrected chi connectivity index (χ1v) is 24.7. The highest BCUT2D eigenvalue weighted by Crippen LogP contribution is 2.44. The van der Waals surface area contributed by atoms with Crippen molar-refractivity contribution in [1.29, 1.82) is 0 Å². The lowest BCUT2D eigenvalue weighted by atomic mass is 9.79. The number of thioether (sulfide) groups is 2. The summed E-state index contributed by atoms with van der Waals surface area (Å²) in [5.74, 6) is 3.51. The third kappa shape index (κ3) is 9.80. The maximum Gasteiger partial charge on any atom is 0.289 e. The molecule has 10 bridgehead atoms. The number of phenolic OH excluding ortho intramolecular Hbond substituents is 2. The van der Waals surface area contributed by atoms with Crippen molar-refractivity contribution >= 4 is 46.2 Å². The van der Waals surface area contributed by atoms with Crippen LogP contribution in [0.2, 0.25) is 0 Å². The number of rotatable bonds is 0. The predicted molar refractivity (Wildman–Crippen MR) is 256 cm³/mol. The normalized spacial score (nSPS) is 15.5. The molecule has 1 aliphatic carbocycles. The van der Waals surface area contributed by atoms with Gasteiger partial charge in [-0.15, -0.1) is 23.5 Å². The van der Waals surface area contributed by atoms with Crippen LogP contribution in [-0.2, 0) is 47.3 Å². The maximum atomic E-state index is 12.8. The molecule has 2 N–H and O–H groups in total. The Morgan fingerprint density at radius 1 is 0.433 bits per heavy atom. The molecule has 60 heavy (non-hydrogen) atoms. The lowest BCUT2D eigenvalue weighted by molar-refractivity contribution is 0.336. The van der Waals surface area contributed by atoms with Crippen LogP contribution in [0, 0.1) is 0 Å². The summed E-state index contributed by atoms with van der Waals surface area (Å²) < 4.78 is 16.1. The molecule has 5 nitrogen and oxygen atoms in total. The third-order valence-electron chi connectivity index (χ3n) is 11.7. The third-order valence-corrected chi connectivity index (χ3v) is 16.7. The second-order valence-corrected chi connectivity index (χ2v) is 25.6. The van der Waals surface area contributed by atoms with E-state index < -0.39 is 0 Å². The Labute approximate surface area is 374 Å². The predicted octanol–water partition coefficient (Wildman–Crippen LogP) is 13.1. The summed E-state index contributed by atoms with van der Waals surface area (Å²) in [5, 5.41) is 25.0. The standard InChI is InChI=1S/C51H62O5S4/c1-48(2,3)37-21-29-17-33-25-39(50(7,8)9)27-35-19-31-23-38(49(4,5)6)24-32(42(31)53)20-36-28-40(51(10,11)12)26-34(18-30(22-37)41(29)52)44(36)56-14-16-58-46-45(59-47(54)60-46)57-15-13-55-43(33)35/h21-28,52-53H,13-20H2,1-12H3. The number of ether oxygens (including phenoxy) is 2. The van der Waals surface area contributed by atoms with Gasteiger partial charge in [0.25, 0.3) is 4.06 Å². The van der Waals surface area contributed by atoms with Crippen molar-refractivity contribution in [2.45, 2.75) is 139 Å². The molecule has 0 saturated carbocycles. The van der Waals surface area contributed by atoms with Gasteiger partial charge in [0, 0.05) is 37.2 Å². The van der Waals surface area contributed by atoms with E-state index in [1.807, 2.05) is 0 Å². The molecule has 5 aromatic rings. The van der Waals surface area contributed by atoms with E-state index in [-0.39, 0.29) is 25.7 Å². The highest BCUT2D eigenvalue weighted by atomic mass is 32.2. The van der Waals surface area contributed by atoms with Crippen LogP contribution >= 0.6 is 46.2 Å². The summed E-state index contributed by atoms with van der Waals surface area (Å²) in [5.41, 5.74) is 11.4. The fourth-order valence-electron chi connectivity index (χ4n) is 8.01. The molecule has 0 fully saturated rings. The number of phenols is 2. The molecule has 0 radical (unpaired) electrons. The largest absolute Gasteiger partial charge is 0.507 e. The topological polar surface area (TPSA) is 76.0 Å². The van der Waals surface area contributed by atoms with E-state index in [0.29, 0.717) is 61.9 Å². The molecule has 0 atom stereocenters. The molecule has 8 rings (SSSR count). The fraction of sp³-hybridized carbons (Fsp3) is 0.471. The van der Waals surface area contributed by atoms with E-state index in [1.54, 1.807) is 23.5 Å². The molecular weight excluding hydrogens is 821 g/mol. The average Bonchev–Trinajstić information content (AvgIpc) is 3.48. The van der Waals surface area contributed by atoms with Gasteiger partial charge in [-0.25, -0.2) is 0 Å². The van der Waals surface area contributed by atoms with E-state index in [2.05, 4.69) is 132 Å². The summed E-state index contributed by atoms with van der Waals surface area (Å²) in [6.07, 6.45) is 1.85. The van der Waals surface area contributed by atoms with Crippen molar-refractivity contribution in [2.75, 3.05) is 24.7 Å². The van der Waals surface area contributed by atoms with Crippen LogP contribution in [0.1, 0.15) is 150 Å². The van der Waals surface area contributed by atoms with Gasteiger partial charge < -0.3 is 19.7 Å². The average molecular weight is 883 g/mol. The summed E-state index contributed by atoms with van der Waals surface area (Å²) in [4.78, 5) is 12.8. The van der Waals surface area contributed by atoms with Crippen LogP contribution in [0.25, 0.3) is 0 Å². The number of hydrogen-bond donors (Lipinski definition) is 2. The lowest BCUT2D eigenvalue weighted by Gasteiger charge is -2.28. The molecule has 3 heterocycles. The van der Waals surface area contributed by atoms with E-state index >= 15 is 0 Å². The van der Waals surface area contributed by atoms with Gasteiger partial charge >= 0.3 is 0 Å². The summed E-state index contributed by atoms with van der Waals surface area (Å²) in [6.45, 7) is 27.7. The van der Waals surface area contributed by atoms with Crippen LogP contribution in [-0.4, -0.2) is 34.9 Å². The van der Waals surface area contributed by atoms with Gasteiger partial charge in [-0.3, -0.25) is 4.79 Å². The first kappa shape index (κ1) is 44.7. The SMILES string of the molecule is CC(C)(C)c1cc2c(O)c(c1)Cc1cc(C(C)(C)C)cc3c1OCCSc1sc(=O)sc1SCCOc1c(cc(C(C)(C)C)cc1Cc1cc(C(C)(C)C)cc(c1O)C3)C2. The number of aromatic hydroxyl groups is 2. The minimum absolute atomic E-state index is 0.0990. The number of hydrogen-bond acceptors (Lipinski definition) is 9. The Morgan fingerprint density at radius 3 is 0.933 bits per heavy atom. The molecule has 0 saturated heterocycles. The zero-order valence-corrected chi connectivity index (χ0v) is 40.8. The van der Waals surface area contributed by atoms with E-state index in [9.17, 15) is 15.0 Å². The van der Waals surface area contributed by atoms with Crippen LogP contribution in [0.4, 0.5) is 0 Å². The van der Waals surface area contributed by atoms with Crippen molar-refractivity contribution in [1.82, 2.24) is 0 Å². The van der Waals surface area contributed by atoms with Gasteiger partial charge in [0.15, 0.2) is 0 Å². The van der Waals surface area contributed by atoms with Crippen LogP contribution in [0.3, 0.4) is 0 Å². The Kier molecular flexibility index (Phi) is 12.5. The summed E-state index contributed by atoms with van der Waals surface area (Å²) in [6, 6.07) is 17.8. The second kappa shape index (κ2) is 16.7. The van der Waals surface area contributed by atoms with Gasteiger partial charge in [0.1, 0.15) is 23.0 Å². The van der Waals surface area contributed by atoms with Crippen molar-refractivity contribution in [3.63, 3.8) is 0 Å². The first-order valence-electron chi connectivity index (χ1n) is 21.1. The Bertz CT molecular complexity index is 2210. The fourth-order valence-corrected chi connectivity index (χ4v) is 13.0. The molecule has 0 amide bonds. The van der Waals surface area contributed by atoms with E-state index in [4.69, 9.17) is 9.47 Å². The van der Waals surface area contributed by atoms with Gasteiger partial charge in [0.05, 0.1) is 21.6 Å². The van der Waals surface area contributed by atoms with Crippen molar-refractivity contribution < 1.29 is 19.7 Å². The Morgan fingerprint density at radius 2 is 0.683 bits per heavy atom. The van der Waals surface area contributed by atoms with Gasteiger partial charge in [-0.05, 0) is 88.4 Å². The highest BCUT2D eigenvalue weighted by molar-refractivity contribution is 8.05. The van der Waals surface area contributed by atoms with Crippen molar-refractivity contribution in [2.24, 2.45) is 0 Å². The van der Waals surface area contributed by atoms with Crippen molar-refractivity contribution in [3.05, 3.63) is 124 Å². The van der Waals surface area contributed by atoms with Gasteiger partial charge in [0.2, 0.25) is 0 Å². The molecular formula is C51H62O5S4. The second-order valence-electron chi connectivity index (χ2n) is 20.7. The smallest absolute Gasteiger partial charge is 0.289 e. The Hall–Kier alpha value is -3.37.